The van der Waals surface area contributed by atoms with E-state index in [0.29, 0.717) is 13.1 Å². The molecule has 2 amide bonds. The molecule has 2 atom stereocenters. The van der Waals surface area contributed by atoms with Gasteiger partial charge in [-0.15, -0.1) is 0 Å². The summed E-state index contributed by atoms with van der Waals surface area (Å²) in [4.78, 5) is 33.4. The van der Waals surface area contributed by atoms with E-state index in [1.807, 2.05) is 59.5 Å². The molecule has 0 saturated carbocycles. The lowest BCUT2D eigenvalue weighted by atomic mass is 9.91. The highest BCUT2D eigenvalue weighted by molar-refractivity contribution is 6.01. The van der Waals surface area contributed by atoms with Crippen LogP contribution < -0.4 is 19.3 Å². The van der Waals surface area contributed by atoms with Gasteiger partial charge >= 0.3 is 0 Å². The molecular formula is C30H33N3O4. The highest BCUT2D eigenvalue weighted by atomic mass is 16.5. The Bertz CT molecular complexity index is 1250. The number of carbonyl (C=O) groups excluding carboxylic acids is 2. The molecule has 0 aromatic heterocycles. The maximum atomic E-state index is 13.9. The Morgan fingerprint density at radius 1 is 0.811 bits per heavy atom. The summed E-state index contributed by atoms with van der Waals surface area (Å²) >= 11 is 0. The zero-order valence-corrected chi connectivity index (χ0v) is 21.6. The third-order valence-electron chi connectivity index (χ3n) is 7.50. The molecule has 0 bridgehead atoms. The molecule has 192 valence electrons. The maximum absolute atomic E-state index is 13.9. The highest BCUT2D eigenvalue weighted by Crippen LogP contribution is 2.43. The normalized spacial score (nSPS) is 19.8. The average Bonchev–Trinajstić information content (AvgIpc) is 3.30. The minimum absolute atomic E-state index is 0.0367. The second-order valence-electron chi connectivity index (χ2n) is 9.59. The minimum Gasteiger partial charge on any atom is -0.497 e. The monoisotopic (exact) mass is 499 g/mol. The van der Waals surface area contributed by atoms with Crippen molar-refractivity contribution in [3.05, 3.63) is 83.9 Å². The van der Waals surface area contributed by atoms with Gasteiger partial charge in [-0.3, -0.25) is 9.59 Å². The lowest BCUT2D eigenvalue weighted by molar-refractivity contribution is -0.136. The Morgan fingerprint density at radius 3 is 2.00 bits per heavy atom. The summed E-state index contributed by atoms with van der Waals surface area (Å²) in [6.07, 6.45) is 0.180. The zero-order chi connectivity index (χ0) is 25.9. The Balaban J connectivity index is 1.40. The van der Waals surface area contributed by atoms with Crippen molar-refractivity contribution in [2.45, 2.75) is 19.4 Å². The summed E-state index contributed by atoms with van der Waals surface area (Å²) in [5, 5.41) is 0. The molecule has 0 spiro atoms. The third kappa shape index (κ3) is 4.86. The molecule has 3 aromatic carbocycles. The van der Waals surface area contributed by atoms with Gasteiger partial charge < -0.3 is 24.2 Å². The minimum atomic E-state index is -0.465. The van der Waals surface area contributed by atoms with Crippen molar-refractivity contribution < 1.29 is 19.1 Å². The Kier molecular flexibility index (Phi) is 7.04. The van der Waals surface area contributed by atoms with E-state index in [9.17, 15) is 9.59 Å². The van der Waals surface area contributed by atoms with Crippen molar-refractivity contribution in [2.75, 3.05) is 50.2 Å². The topological polar surface area (TPSA) is 62.3 Å². The highest BCUT2D eigenvalue weighted by Gasteiger charge is 2.46. The van der Waals surface area contributed by atoms with Gasteiger partial charge in [0.05, 0.1) is 26.2 Å². The predicted molar refractivity (Wildman–Crippen MR) is 144 cm³/mol. The van der Waals surface area contributed by atoms with E-state index < -0.39 is 12.0 Å². The molecule has 7 heteroatoms. The van der Waals surface area contributed by atoms with Crippen molar-refractivity contribution in [1.82, 2.24) is 4.90 Å². The van der Waals surface area contributed by atoms with Gasteiger partial charge in [0, 0.05) is 44.0 Å². The first-order valence-electron chi connectivity index (χ1n) is 12.7. The largest absolute Gasteiger partial charge is 0.497 e. The standard InChI is InChI=1S/C30H33N3O4/c1-21-6-4-5-7-27(21)31-16-18-32(19-17-31)30(35)26-20-28(34)33(23-10-14-25(37-3)15-11-23)29(26)22-8-12-24(36-2)13-9-22/h4-15,26,29H,16-20H2,1-3H3. The fourth-order valence-electron chi connectivity index (χ4n) is 5.51. The van der Waals surface area contributed by atoms with E-state index >= 15 is 0 Å². The van der Waals surface area contributed by atoms with E-state index in [1.54, 1.807) is 19.1 Å². The number of nitrogens with zero attached hydrogens (tertiary/aromatic N) is 3. The van der Waals surface area contributed by atoms with Gasteiger partial charge in [0.15, 0.2) is 0 Å². The fraction of sp³-hybridized carbons (Fsp3) is 0.333. The number of ether oxygens (including phenoxy) is 2. The molecule has 0 aliphatic carbocycles. The fourth-order valence-corrected chi connectivity index (χ4v) is 5.51. The third-order valence-corrected chi connectivity index (χ3v) is 7.50. The van der Waals surface area contributed by atoms with E-state index in [2.05, 4.69) is 30.0 Å². The zero-order valence-electron chi connectivity index (χ0n) is 21.6. The molecule has 5 rings (SSSR count). The molecule has 2 fully saturated rings. The summed E-state index contributed by atoms with van der Waals surface area (Å²) in [6.45, 7) is 4.93. The van der Waals surface area contributed by atoms with E-state index in [0.717, 1.165) is 35.8 Å². The molecule has 0 N–H and O–H groups in total. The Morgan fingerprint density at radius 2 is 1.41 bits per heavy atom. The number of carbonyl (C=O) groups is 2. The second kappa shape index (κ2) is 10.5. The van der Waals surface area contributed by atoms with E-state index in [4.69, 9.17) is 9.47 Å². The van der Waals surface area contributed by atoms with Gasteiger partial charge in [0.2, 0.25) is 11.8 Å². The maximum Gasteiger partial charge on any atom is 0.228 e. The summed E-state index contributed by atoms with van der Waals surface area (Å²) in [5.74, 6) is 0.973. The van der Waals surface area contributed by atoms with Gasteiger partial charge in [0.1, 0.15) is 11.5 Å². The molecule has 2 aliphatic rings. The number of benzene rings is 3. The summed E-state index contributed by atoms with van der Waals surface area (Å²) < 4.78 is 10.6. The number of hydrogen-bond acceptors (Lipinski definition) is 5. The van der Waals surface area contributed by atoms with Gasteiger partial charge in [-0.25, -0.2) is 0 Å². The molecule has 7 nitrogen and oxygen atoms in total. The van der Waals surface area contributed by atoms with Crippen molar-refractivity contribution >= 4 is 23.2 Å². The molecule has 2 heterocycles. The molecule has 3 aromatic rings. The van der Waals surface area contributed by atoms with Crippen molar-refractivity contribution in [1.29, 1.82) is 0 Å². The van der Waals surface area contributed by atoms with Gasteiger partial charge in [-0.1, -0.05) is 30.3 Å². The first-order chi connectivity index (χ1) is 18.0. The lowest BCUT2D eigenvalue weighted by Crippen LogP contribution is -2.51. The number of methoxy groups -OCH3 is 2. The summed E-state index contributed by atoms with van der Waals surface area (Å²) in [6, 6.07) is 23.1. The Labute approximate surface area is 218 Å². The van der Waals surface area contributed by atoms with Crippen LogP contribution in [0.25, 0.3) is 0 Å². The van der Waals surface area contributed by atoms with Crippen LogP contribution in [0.15, 0.2) is 72.8 Å². The van der Waals surface area contributed by atoms with Crippen molar-refractivity contribution in [3.8, 4) is 11.5 Å². The van der Waals surface area contributed by atoms with Crippen LogP contribution in [0.1, 0.15) is 23.6 Å². The summed E-state index contributed by atoms with van der Waals surface area (Å²) in [5.41, 5.74) is 4.12. The van der Waals surface area contributed by atoms with Crippen LogP contribution in [0.5, 0.6) is 11.5 Å². The van der Waals surface area contributed by atoms with Crippen LogP contribution in [0.3, 0.4) is 0 Å². The van der Waals surface area contributed by atoms with E-state index in [-0.39, 0.29) is 18.2 Å². The van der Waals surface area contributed by atoms with E-state index in [1.165, 1.54) is 11.3 Å². The van der Waals surface area contributed by atoms with Crippen LogP contribution in [0.4, 0.5) is 11.4 Å². The number of piperazine rings is 1. The number of para-hydroxylation sites is 1. The number of hydrogen-bond donors (Lipinski definition) is 0. The van der Waals surface area contributed by atoms with Crippen molar-refractivity contribution in [3.63, 3.8) is 0 Å². The Hall–Kier alpha value is -4.00. The smallest absolute Gasteiger partial charge is 0.228 e. The van der Waals surface area contributed by atoms with Gasteiger partial charge in [-0.2, -0.15) is 0 Å². The molecule has 0 radical (unpaired) electrons. The van der Waals surface area contributed by atoms with Crippen LogP contribution in [0, 0.1) is 12.8 Å². The first kappa shape index (κ1) is 24.7. The van der Waals surface area contributed by atoms with Crippen LogP contribution in [-0.2, 0) is 9.59 Å². The van der Waals surface area contributed by atoms with Crippen LogP contribution >= 0.6 is 0 Å². The van der Waals surface area contributed by atoms with Crippen molar-refractivity contribution in [2.24, 2.45) is 5.92 Å². The lowest BCUT2D eigenvalue weighted by Gasteiger charge is -2.38. The molecule has 2 unspecified atom stereocenters. The predicted octanol–water partition coefficient (Wildman–Crippen LogP) is 4.46. The number of rotatable bonds is 6. The molecule has 2 aliphatic heterocycles. The van der Waals surface area contributed by atoms with Gasteiger partial charge in [0.25, 0.3) is 0 Å². The van der Waals surface area contributed by atoms with Crippen LogP contribution in [-0.4, -0.2) is 57.1 Å². The first-order valence-corrected chi connectivity index (χ1v) is 12.7. The van der Waals surface area contributed by atoms with Gasteiger partial charge in [-0.05, 0) is 60.5 Å². The molecule has 37 heavy (non-hydrogen) atoms. The van der Waals surface area contributed by atoms with Crippen LogP contribution in [0.2, 0.25) is 0 Å². The average molecular weight is 500 g/mol. The number of anilines is 2. The quantitative estimate of drug-likeness (QED) is 0.501. The number of aryl methyl sites for hydroxylation is 1. The SMILES string of the molecule is COc1ccc(C2C(C(=O)N3CCN(c4ccccc4C)CC3)CC(=O)N2c2ccc(OC)cc2)cc1. The second-order valence-corrected chi connectivity index (χ2v) is 9.59. The number of amides is 2. The molecular weight excluding hydrogens is 466 g/mol. The molecule has 2 saturated heterocycles. The summed E-state index contributed by atoms with van der Waals surface area (Å²) in [7, 11) is 3.24.